The maximum atomic E-state index is 13.0. The topological polar surface area (TPSA) is 70.7 Å². The van der Waals surface area contributed by atoms with Crippen molar-refractivity contribution in [3.8, 4) is 5.75 Å². The van der Waals surface area contributed by atoms with Gasteiger partial charge in [0.15, 0.2) is 0 Å². The second kappa shape index (κ2) is 9.40. The number of carbonyl (C=O) groups is 2. The zero-order valence-electron chi connectivity index (χ0n) is 18.9. The summed E-state index contributed by atoms with van der Waals surface area (Å²) in [5, 5.41) is 6.48. The molecule has 172 valence electrons. The molecule has 1 aliphatic carbocycles. The molecule has 2 aromatic rings. The zero-order chi connectivity index (χ0) is 22.8. The highest BCUT2D eigenvalue weighted by Gasteiger charge is 2.38. The lowest BCUT2D eigenvalue weighted by atomic mass is 9.92. The molecule has 2 heterocycles. The average Bonchev–Trinajstić information content (AvgIpc) is 3.14. The summed E-state index contributed by atoms with van der Waals surface area (Å²) in [5.41, 5.74) is 3.59. The number of nitrogens with zero attached hydrogens (tertiary/aromatic N) is 1. The molecule has 2 amide bonds. The Morgan fingerprint density at radius 3 is 2.70 bits per heavy atom. The van der Waals surface area contributed by atoms with Gasteiger partial charge in [-0.25, -0.2) is 0 Å². The van der Waals surface area contributed by atoms with Gasteiger partial charge in [-0.05, 0) is 61.4 Å². The molecular weight excluding hydrogens is 414 g/mol. The molecule has 1 unspecified atom stereocenters. The van der Waals surface area contributed by atoms with E-state index in [0.29, 0.717) is 31.0 Å². The lowest BCUT2D eigenvalue weighted by molar-refractivity contribution is -0.126. The molecule has 33 heavy (non-hydrogen) atoms. The third-order valence-corrected chi connectivity index (χ3v) is 7.01. The first-order valence-electron chi connectivity index (χ1n) is 11.9. The van der Waals surface area contributed by atoms with E-state index in [2.05, 4.69) is 41.5 Å². The monoisotopic (exact) mass is 445 g/mol. The van der Waals surface area contributed by atoms with E-state index in [1.54, 1.807) is 4.90 Å². The van der Waals surface area contributed by atoms with Gasteiger partial charge >= 0.3 is 0 Å². The highest BCUT2D eigenvalue weighted by molar-refractivity contribution is 6.01. The second-order valence-electron chi connectivity index (χ2n) is 9.31. The molecule has 2 aliphatic heterocycles. The Bertz CT molecular complexity index is 1050. The molecule has 0 aromatic heterocycles. The number of benzene rings is 2. The fraction of sp³-hybridized carbons (Fsp3) is 0.407. The number of nitrogens with one attached hydrogen (secondary N) is 2. The number of carbonyl (C=O) groups excluding carboxylic acids is 2. The Morgan fingerprint density at radius 2 is 1.88 bits per heavy atom. The molecule has 6 nitrogen and oxygen atoms in total. The molecule has 0 bridgehead atoms. The summed E-state index contributed by atoms with van der Waals surface area (Å²) in [5.74, 6) is 0.575. The number of amides is 2. The van der Waals surface area contributed by atoms with Gasteiger partial charge in [-0.3, -0.25) is 9.59 Å². The van der Waals surface area contributed by atoms with Crippen LogP contribution in [0, 0.1) is 0 Å². The van der Waals surface area contributed by atoms with Gasteiger partial charge in [0.25, 0.3) is 5.91 Å². The van der Waals surface area contributed by atoms with Gasteiger partial charge in [-0.2, -0.15) is 0 Å². The fourth-order valence-corrected chi connectivity index (χ4v) is 5.20. The van der Waals surface area contributed by atoms with Crippen LogP contribution >= 0.6 is 0 Å². The number of hydrogen-bond donors (Lipinski definition) is 2. The first-order valence-corrected chi connectivity index (χ1v) is 11.9. The second-order valence-corrected chi connectivity index (χ2v) is 9.31. The van der Waals surface area contributed by atoms with Crippen LogP contribution < -0.4 is 15.4 Å². The first kappa shape index (κ1) is 21.7. The van der Waals surface area contributed by atoms with Crippen LogP contribution in [-0.2, 0) is 17.9 Å². The lowest BCUT2D eigenvalue weighted by Gasteiger charge is -2.33. The van der Waals surface area contributed by atoms with Crippen molar-refractivity contribution in [1.82, 2.24) is 15.5 Å². The van der Waals surface area contributed by atoms with Gasteiger partial charge in [0.2, 0.25) is 5.91 Å². The summed E-state index contributed by atoms with van der Waals surface area (Å²) in [7, 11) is 0. The predicted molar refractivity (Wildman–Crippen MR) is 127 cm³/mol. The average molecular weight is 446 g/mol. The van der Waals surface area contributed by atoms with Crippen molar-refractivity contribution in [2.75, 3.05) is 0 Å². The molecule has 1 saturated heterocycles. The minimum absolute atomic E-state index is 0.0794. The Balaban J connectivity index is 1.25. The molecule has 3 atom stereocenters. The summed E-state index contributed by atoms with van der Waals surface area (Å²) >= 11 is 0. The molecule has 2 fully saturated rings. The minimum Gasteiger partial charge on any atom is -0.489 e. The van der Waals surface area contributed by atoms with Crippen LogP contribution in [0.3, 0.4) is 0 Å². The van der Waals surface area contributed by atoms with Gasteiger partial charge < -0.3 is 20.3 Å². The number of hydrogen-bond acceptors (Lipinski definition) is 4. The van der Waals surface area contributed by atoms with Gasteiger partial charge in [0, 0.05) is 30.4 Å². The molecule has 0 radical (unpaired) electrons. The number of fused-ring (bicyclic) bond motifs is 1. The Hall–Kier alpha value is -3.12. The molecule has 3 aliphatic rings. The lowest BCUT2D eigenvalue weighted by Crippen LogP contribution is -2.49. The van der Waals surface area contributed by atoms with Crippen LogP contribution in [0.4, 0.5) is 0 Å². The first-order chi connectivity index (χ1) is 16.1. The van der Waals surface area contributed by atoms with E-state index < -0.39 is 6.04 Å². The fourth-order valence-electron chi connectivity index (χ4n) is 5.20. The van der Waals surface area contributed by atoms with Gasteiger partial charge in [-0.15, -0.1) is 0 Å². The SMILES string of the molecule is C=C1CCC(N2Cc3cc(O[C@@H]4CCCC[C@H]4NCc4ccccc4)ccc3C2=O)C(=O)N1. The molecule has 1 saturated carbocycles. The standard InChI is InChI=1S/C27H31N3O3/c1-18-11-14-24(26(31)29-18)30-17-20-15-21(12-13-22(20)27(30)32)33-25-10-6-5-9-23(25)28-16-19-7-3-2-4-8-19/h2-4,7-8,12-13,15,23-25,28H,1,5-6,9-11,14,16-17H2,(H,29,31)/t23-,24?,25-/m1/s1. The van der Waals surface area contributed by atoms with E-state index in [1.165, 1.54) is 12.0 Å². The summed E-state index contributed by atoms with van der Waals surface area (Å²) in [6.45, 7) is 5.10. The number of rotatable bonds is 6. The van der Waals surface area contributed by atoms with Crippen molar-refractivity contribution in [3.05, 3.63) is 77.5 Å². The van der Waals surface area contributed by atoms with E-state index in [9.17, 15) is 9.59 Å². The van der Waals surface area contributed by atoms with E-state index in [0.717, 1.165) is 42.8 Å². The minimum atomic E-state index is -0.440. The van der Waals surface area contributed by atoms with Crippen molar-refractivity contribution in [1.29, 1.82) is 0 Å². The van der Waals surface area contributed by atoms with Gasteiger partial charge in [0.05, 0.1) is 0 Å². The van der Waals surface area contributed by atoms with E-state index in [-0.39, 0.29) is 17.9 Å². The van der Waals surface area contributed by atoms with Crippen molar-refractivity contribution in [2.45, 2.75) is 69.8 Å². The normalized spacial score (nSPS) is 25.0. The van der Waals surface area contributed by atoms with Crippen LogP contribution in [0.25, 0.3) is 0 Å². The van der Waals surface area contributed by atoms with Crippen LogP contribution in [0.15, 0.2) is 60.8 Å². The Kier molecular flexibility index (Phi) is 6.18. The summed E-state index contributed by atoms with van der Waals surface area (Å²) in [6.07, 6.45) is 5.89. The van der Waals surface area contributed by atoms with Crippen molar-refractivity contribution < 1.29 is 14.3 Å². The number of allylic oxidation sites excluding steroid dienone is 1. The van der Waals surface area contributed by atoms with Crippen molar-refractivity contribution in [2.24, 2.45) is 0 Å². The third-order valence-electron chi connectivity index (χ3n) is 7.01. The smallest absolute Gasteiger partial charge is 0.255 e. The third kappa shape index (κ3) is 4.67. The predicted octanol–water partition coefficient (Wildman–Crippen LogP) is 3.91. The van der Waals surface area contributed by atoms with Crippen LogP contribution in [0.1, 0.15) is 60.0 Å². The highest BCUT2D eigenvalue weighted by atomic mass is 16.5. The van der Waals surface area contributed by atoms with Crippen LogP contribution in [-0.4, -0.2) is 34.9 Å². The molecule has 5 rings (SSSR count). The Labute approximate surface area is 195 Å². The maximum absolute atomic E-state index is 13.0. The largest absolute Gasteiger partial charge is 0.489 e. The molecule has 2 N–H and O–H groups in total. The molecule has 2 aromatic carbocycles. The summed E-state index contributed by atoms with van der Waals surface area (Å²) in [4.78, 5) is 27.1. The van der Waals surface area contributed by atoms with Crippen LogP contribution in [0.2, 0.25) is 0 Å². The van der Waals surface area contributed by atoms with E-state index in [1.807, 2.05) is 24.3 Å². The summed E-state index contributed by atoms with van der Waals surface area (Å²) < 4.78 is 6.45. The molecular formula is C27H31N3O3. The Morgan fingerprint density at radius 1 is 1.06 bits per heavy atom. The van der Waals surface area contributed by atoms with E-state index >= 15 is 0 Å². The number of ether oxygens (including phenoxy) is 1. The highest BCUT2D eigenvalue weighted by Crippen LogP contribution is 2.32. The van der Waals surface area contributed by atoms with E-state index in [4.69, 9.17) is 4.74 Å². The molecule has 0 spiro atoms. The van der Waals surface area contributed by atoms with Gasteiger partial charge in [-0.1, -0.05) is 43.3 Å². The summed E-state index contributed by atoms with van der Waals surface area (Å²) in [6, 6.07) is 16.0. The van der Waals surface area contributed by atoms with Gasteiger partial charge in [0.1, 0.15) is 17.9 Å². The van der Waals surface area contributed by atoms with Crippen molar-refractivity contribution in [3.63, 3.8) is 0 Å². The van der Waals surface area contributed by atoms with Crippen LogP contribution in [0.5, 0.6) is 5.75 Å². The molecule has 6 heteroatoms. The van der Waals surface area contributed by atoms with Crippen molar-refractivity contribution >= 4 is 11.8 Å². The number of piperidine rings is 1. The maximum Gasteiger partial charge on any atom is 0.255 e. The zero-order valence-corrected chi connectivity index (χ0v) is 18.9. The quantitative estimate of drug-likeness (QED) is 0.707.